The number of hydrogen-bond donors (Lipinski definition) is 2. The number of rotatable bonds is 6. The molecule has 0 bridgehead atoms. The first kappa shape index (κ1) is 20.3. The number of carbonyl (C=O) groups is 2. The topological polar surface area (TPSA) is 78.9 Å². The van der Waals surface area contributed by atoms with Gasteiger partial charge in [0.15, 0.2) is 0 Å². The Hall–Kier alpha value is -1.79. The van der Waals surface area contributed by atoms with E-state index in [1.165, 1.54) is 0 Å². The maximum absolute atomic E-state index is 12.5. The number of amides is 1. The van der Waals surface area contributed by atoms with E-state index < -0.39 is 5.97 Å². The minimum Gasteiger partial charge on any atom is -0.492 e. The number of nitrogens with one attached hydrogen (secondary N) is 1. The molecule has 1 unspecified atom stereocenters. The molecule has 0 radical (unpaired) electrons. The Morgan fingerprint density at radius 3 is 2.54 bits per heavy atom. The van der Waals surface area contributed by atoms with Gasteiger partial charge in [-0.05, 0) is 51.9 Å². The number of ether oxygens (including phenoxy) is 1. The van der Waals surface area contributed by atoms with Crippen LogP contribution in [-0.2, 0) is 9.59 Å². The molecular formula is C17H25ClN2O4. The van der Waals surface area contributed by atoms with Gasteiger partial charge in [-0.2, -0.15) is 0 Å². The van der Waals surface area contributed by atoms with Gasteiger partial charge in [0.2, 0.25) is 5.91 Å². The standard InChI is InChI=1S/C17H24N2O4.ClH/c1-3-23-15-7-5-4-6-14(15)18-16(20)12(2)19-10-8-13(9-11-19)17(21)22;/h4-7,12-13H,3,8-11H2,1-2H3,(H,18,20)(H,21,22);1H. The average Bonchev–Trinajstić information content (AvgIpc) is 2.56. The van der Waals surface area contributed by atoms with E-state index in [1.54, 1.807) is 0 Å². The Morgan fingerprint density at radius 2 is 1.96 bits per heavy atom. The molecule has 1 aromatic carbocycles. The highest BCUT2D eigenvalue weighted by molar-refractivity contribution is 5.95. The molecule has 1 aliphatic heterocycles. The molecule has 1 saturated heterocycles. The molecule has 0 aliphatic carbocycles. The molecule has 7 heteroatoms. The molecule has 134 valence electrons. The molecule has 1 aromatic rings. The monoisotopic (exact) mass is 356 g/mol. The van der Waals surface area contributed by atoms with Crippen LogP contribution >= 0.6 is 12.4 Å². The summed E-state index contributed by atoms with van der Waals surface area (Å²) in [7, 11) is 0. The number of para-hydroxylation sites is 2. The zero-order valence-electron chi connectivity index (χ0n) is 14.0. The molecule has 0 aromatic heterocycles. The number of carbonyl (C=O) groups excluding carboxylic acids is 1. The lowest BCUT2D eigenvalue weighted by atomic mass is 9.96. The number of halogens is 1. The van der Waals surface area contributed by atoms with E-state index >= 15 is 0 Å². The lowest BCUT2D eigenvalue weighted by Crippen LogP contribution is -2.47. The summed E-state index contributed by atoms with van der Waals surface area (Å²) in [6.45, 7) is 5.52. The Morgan fingerprint density at radius 1 is 1.33 bits per heavy atom. The van der Waals surface area contributed by atoms with Gasteiger partial charge in [-0.3, -0.25) is 14.5 Å². The minimum atomic E-state index is -0.743. The predicted molar refractivity (Wildman–Crippen MR) is 94.9 cm³/mol. The molecule has 1 atom stereocenters. The molecule has 6 nitrogen and oxygen atoms in total. The average molecular weight is 357 g/mol. The van der Waals surface area contributed by atoms with Crippen molar-refractivity contribution in [3.05, 3.63) is 24.3 Å². The first-order chi connectivity index (χ1) is 11.0. The second-order valence-electron chi connectivity index (χ2n) is 5.74. The van der Waals surface area contributed by atoms with Crippen LogP contribution in [0.2, 0.25) is 0 Å². The largest absolute Gasteiger partial charge is 0.492 e. The van der Waals surface area contributed by atoms with Crippen LogP contribution in [0.4, 0.5) is 5.69 Å². The van der Waals surface area contributed by atoms with E-state index in [1.807, 2.05) is 43.0 Å². The zero-order chi connectivity index (χ0) is 16.8. The third-order valence-corrected chi connectivity index (χ3v) is 4.25. The highest BCUT2D eigenvalue weighted by Gasteiger charge is 2.29. The molecule has 24 heavy (non-hydrogen) atoms. The van der Waals surface area contributed by atoms with E-state index in [9.17, 15) is 9.59 Å². The van der Waals surface area contributed by atoms with Crippen LogP contribution in [0.15, 0.2) is 24.3 Å². The number of likely N-dealkylation sites (tertiary alicyclic amines) is 1. The van der Waals surface area contributed by atoms with Gasteiger partial charge in [-0.15, -0.1) is 12.4 Å². The smallest absolute Gasteiger partial charge is 0.306 e. The SMILES string of the molecule is CCOc1ccccc1NC(=O)C(C)N1CCC(C(=O)O)CC1.Cl. The molecule has 1 fully saturated rings. The Bertz CT molecular complexity index is 559. The number of carboxylic acid groups (broad SMARTS) is 1. The van der Waals surface area contributed by atoms with Gasteiger partial charge < -0.3 is 15.2 Å². The lowest BCUT2D eigenvalue weighted by molar-refractivity contribution is -0.143. The fourth-order valence-electron chi connectivity index (χ4n) is 2.79. The first-order valence-corrected chi connectivity index (χ1v) is 8.02. The highest BCUT2D eigenvalue weighted by Crippen LogP contribution is 2.25. The summed E-state index contributed by atoms with van der Waals surface area (Å²) in [6, 6.07) is 7.04. The van der Waals surface area contributed by atoms with E-state index in [0.717, 1.165) is 0 Å². The predicted octanol–water partition coefficient (Wildman–Crippen LogP) is 2.63. The van der Waals surface area contributed by atoms with Crippen molar-refractivity contribution in [3.8, 4) is 5.75 Å². The summed E-state index contributed by atoms with van der Waals surface area (Å²) < 4.78 is 5.51. The summed E-state index contributed by atoms with van der Waals surface area (Å²) >= 11 is 0. The summed E-state index contributed by atoms with van der Waals surface area (Å²) in [5.74, 6) is -0.487. The van der Waals surface area contributed by atoms with Crippen molar-refractivity contribution in [2.24, 2.45) is 5.92 Å². The maximum atomic E-state index is 12.5. The Balaban J connectivity index is 0.00000288. The van der Waals surface area contributed by atoms with Crippen LogP contribution in [-0.4, -0.2) is 47.6 Å². The zero-order valence-corrected chi connectivity index (χ0v) is 14.8. The van der Waals surface area contributed by atoms with E-state index in [0.29, 0.717) is 44.0 Å². The van der Waals surface area contributed by atoms with Crippen molar-refractivity contribution in [2.75, 3.05) is 25.0 Å². The highest BCUT2D eigenvalue weighted by atomic mass is 35.5. The normalized spacial score (nSPS) is 16.8. The van der Waals surface area contributed by atoms with Crippen molar-refractivity contribution in [3.63, 3.8) is 0 Å². The van der Waals surface area contributed by atoms with E-state index in [-0.39, 0.29) is 30.3 Å². The Kier molecular flexibility index (Phi) is 8.01. The van der Waals surface area contributed by atoms with Gasteiger partial charge in [-0.25, -0.2) is 0 Å². The third kappa shape index (κ3) is 5.11. The molecule has 2 N–H and O–H groups in total. The van der Waals surface area contributed by atoms with Crippen LogP contribution < -0.4 is 10.1 Å². The van der Waals surface area contributed by atoms with Crippen molar-refractivity contribution in [2.45, 2.75) is 32.7 Å². The first-order valence-electron chi connectivity index (χ1n) is 8.02. The number of piperidine rings is 1. The van der Waals surface area contributed by atoms with Gasteiger partial charge in [0.25, 0.3) is 0 Å². The number of nitrogens with zero attached hydrogens (tertiary/aromatic N) is 1. The van der Waals surface area contributed by atoms with Crippen LogP contribution in [0.25, 0.3) is 0 Å². The summed E-state index contributed by atoms with van der Waals surface area (Å²) in [5, 5.41) is 11.9. The van der Waals surface area contributed by atoms with Crippen molar-refractivity contribution in [1.82, 2.24) is 4.90 Å². The van der Waals surface area contributed by atoms with Crippen molar-refractivity contribution < 1.29 is 19.4 Å². The third-order valence-electron chi connectivity index (χ3n) is 4.25. The number of carboxylic acids is 1. The van der Waals surface area contributed by atoms with Crippen LogP contribution in [0, 0.1) is 5.92 Å². The molecular weight excluding hydrogens is 332 g/mol. The fourth-order valence-corrected chi connectivity index (χ4v) is 2.79. The van der Waals surface area contributed by atoms with Gasteiger partial charge in [-0.1, -0.05) is 12.1 Å². The van der Waals surface area contributed by atoms with Gasteiger partial charge in [0.05, 0.1) is 24.3 Å². The van der Waals surface area contributed by atoms with E-state index in [2.05, 4.69) is 5.32 Å². The quantitative estimate of drug-likeness (QED) is 0.819. The van der Waals surface area contributed by atoms with Crippen molar-refractivity contribution >= 4 is 30.0 Å². The lowest BCUT2D eigenvalue weighted by Gasteiger charge is -2.33. The van der Waals surface area contributed by atoms with Gasteiger partial charge in [0, 0.05) is 0 Å². The molecule has 0 saturated carbocycles. The van der Waals surface area contributed by atoms with Crippen LogP contribution in [0.1, 0.15) is 26.7 Å². The number of benzene rings is 1. The summed E-state index contributed by atoms with van der Waals surface area (Å²) in [4.78, 5) is 25.5. The molecule has 2 rings (SSSR count). The summed E-state index contributed by atoms with van der Waals surface area (Å²) in [6.07, 6.45) is 1.17. The Labute approximate surface area is 148 Å². The molecule has 1 heterocycles. The van der Waals surface area contributed by atoms with Gasteiger partial charge in [0.1, 0.15) is 5.75 Å². The van der Waals surface area contributed by atoms with E-state index in [4.69, 9.17) is 9.84 Å². The number of aliphatic carboxylic acids is 1. The number of hydrogen-bond acceptors (Lipinski definition) is 4. The second-order valence-corrected chi connectivity index (χ2v) is 5.74. The second kappa shape index (κ2) is 9.49. The molecule has 1 amide bonds. The van der Waals surface area contributed by atoms with Gasteiger partial charge >= 0.3 is 5.97 Å². The number of anilines is 1. The van der Waals surface area contributed by atoms with Crippen LogP contribution in [0.5, 0.6) is 5.75 Å². The molecule has 1 aliphatic rings. The maximum Gasteiger partial charge on any atom is 0.306 e. The van der Waals surface area contributed by atoms with Crippen LogP contribution in [0.3, 0.4) is 0 Å². The summed E-state index contributed by atoms with van der Waals surface area (Å²) in [5.41, 5.74) is 0.659. The van der Waals surface area contributed by atoms with Crippen molar-refractivity contribution in [1.29, 1.82) is 0 Å². The minimum absolute atomic E-state index is 0. The molecule has 0 spiro atoms. The fraction of sp³-hybridized carbons (Fsp3) is 0.529.